The van der Waals surface area contributed by atoms with Gasteiger partial charge in [0.25, 0.3) is 0 Å². The first-order chi connectivity index (χ1) is 17.4. The predicted molar refractivity (Wildman–Crippen MR) is 130 cm³/mol. The van der Waals surface area contributed by atoms with Crippen LogP contribution in [-0.2, 0) is 6.18 Å². The van der Waals surface area contributed by atoms with Crippen LogP contribution >= 0.6 is 23.2 Å². The molecule has 5 rings (SSSR count). The molecule has 1 fully saturated rings. The highest BCUT2D eigenvalue weighted by molar-refractivity contribution is 6.36. The van der Waals surface area contributed by atoms with Crippen molar-refractivity contribution in [3.63, 3.8) is 0 Å². The molecule has 4 aromatic rings. The molecule has 0 aliphatic carbocycles. The van der Waals surface area contributed by atoms with Crippen molar-refractivity contribution in [1.29, 1.82) is 0 Å². The van der Waals surface area contributed by atoms with Crippen molar-refractivity contribution in [3.8, 4) is 11.1 Å². The van der Waals surface area contributed by atoms with Gasteiger partial charge in [-0.2, -0.15) is 13.2 Å². The lowest BCUT2D eigenvalue weighted by Gasteiger charge is -2.40. The molecule has 1 unspecified atom stereocenters. The number of H-pyrrole nitrogens is 1. The van der Waals surface area contributed by atoms with Gasteiger partial charge < -0.3 is 14.8 Å². The molecule has 0 radical (unpaired) electrons. The number of halogens is 8. The zero-order chi connectivity index (χ0) is 26.6. The second kappa shape index (κ2) is 9.29. The molecule has 0 saturated carbocycles. The van der Waals surface area contributed by atoms with Gasteiger partial charge in [0, 0.05) is 37.4 Å². The van der Waals surface area contributed by atoms with E-state index in [-0.39, 0.29) is 34.2 Å². The van der Waals surface area contributed by atoms with Crippen LogP contribution in [0.4, 0.5) is 38.1 Å². The molecule has 2 aromatic heterocycles. The van der Waals surface area contributed by atoms with Gasteiger partial charge in [0.1, 0.15) is 5.82 Å². The summed E-state index contributed by atoms with van der Waals surface area (Å²) in [4.78, 5) is 15.5. The Labute approximate surface area is 216 Å². The van der Waals surface area contributed by atoms with E-state index in [4.69, 9.17) is 23.2 Å². The third-order valence-electron chi connectivity index (χ3n) is 6.18. The maximum Gasteiger partial charge on any atom is 0.416 e. The van der Waals surface area contributed by atoms with Crippen LogP contribution < -0.4 is 9.80 Å². The number of nitrogens with zero attached hydrogens (tertiary/aromatic N) is 4. The number of nitrogens with one attached hydrogen (secondary N) is 1. The predicted octanol–water partition coefficient (Wildman–Crippen LogP) is 7.08. The third-order valence-corrected chi connectivity index (χ3v) is 6.67. The number of rotatable bonds is 3. The minimum Gasteiger partial charge on any atom is -0.352 e. The van der Waals surface area contributed by atoms with E-state index in [0.717, 1.165) is 12.1 Å². The van der Waals surface area contributed by atoms with Crippen molar-refractivity contribution in [1.82, 2.24) is 15.0 Å². The maximum absolute atomic E-state index is 13.9. The normalized spacial score (nSPS) is 16.6. The van der Waals surface area contributed by atoms with E-state index in [1.165, 1.54) is 6.20 Å². The molecular weight excluding hydrogens is 543 g/mol. The molecule has 1 aliphatic rings. The summed E-state index contributed by atoms with van der Waals surface area (Å²) in [7, 11) is 0. The van der Waals surface area contributed by atoms with Crippen molar-refractivity contribution in [3.05, 3.63) is 69.6 Å². The first-order valence-electron chi connectivity index (χ1n) is 11.0. The molecule has 1 aliphatic heterocycles. The fourth-order valence-corrected chi connectivity index (χ4v) is 4.94. The maximum atomic E-state index is 13.9. The fourth-order valence-electron chi connectivity index (χ4n) is 4.44. The van der Waals surface area contributed by atoms with Crippen molar-refractivity contribution in [2.45, 2.75) is 19.1 Å². The quantitative estimate of drug-likeness (QED) is 0.215. The molecule has 1 N–H and O–H groups in total. The van der Waals surface area contributed by atoms with Gasteiger partial charge in [-0.15, -0.1) is 0 Å². The van der Waals surface area contributed by atoms with Gasteiger partial charge >= 0.3 is 6.18 Å². The van der Waals surface area contributed by atoms with Gasteiger partial charge in [0.2, 0.25) is 5.95 Å². The Hall–Kier alpha value is -3.18. The van der Waals surface area contributed by atoms with Crippen LogP contribution in [0.5, 0.6) is 0 Å². The van der Waals surface area contributed by atoms with Gasteiger partial charge in [0.05, 0.1) is 26.6 Å². The van der Waals surface area contributed by atoms with Gasteiger partial charge in [-0.05, 0) is 42.8 Å². The summed E-state index contributed by atoms with van der Waals surface area (Å²) >= 11 is 12.2. The molecule has 1 saturated heterocycles. The second-order valence-electron chi connectivity index (χ2n) is 8.68. The number of benzene rings is 2. The Balaban J connectivity index is 1.54. The molecule has 194 valence electrons. The number of hydrogen-bond acceptors (Lipinski definition) is 4. The molecule has 3 heterocycles. The van der Waals surface area contributed by atoms with Crippen molar-refractivity contribution >= 4 is 46.0 Å². The largest absolute Gasteiger partial charge is 0.416 e. The summed E-state index contributed by atoms with van der Waals surface area (Å²) in [6.07, 6.45) is -3.25. The standard InChI is InChI=1S/C24H17Cl2F6N5/c1-11-10-36(22-16(26)8-14(25)9-33-22)2-3-37(11)23-34-19-7-13(24(30,31)32)6-15(21(19)35-23)12-4-17(27)20(29)18(28)5-12/h4-9,11H,2-3,10H2,1H3,(H,34,35). The number of piperazine rings is 1. The highest BCUT2D eigenvalue weighted by atomic mass is 35.5. The Morgan fingerprint density at radius 1 is 1.00 bits per heavy atom. The van der Waals surface area contributed by atoms with E-state index in [9.17, 15) is 26.3 Å². The van der Waals surface area contributed by atoms with Crippen molar-refractivity contribution < 1.29 is 26.3 Å². The monoisotopic (exact) mass is 559 g/mol. The average molecular weight is 560 g/mol. The topological polar surface area (TPSA) is 48.1 Å². The minimum atomic E-state index is -4.74. The zero-order valence-electron chi connectivity index (χ0n) is 19.0. The van der Waals surface area contributed by atoms with Crippen LogP contribution in [0.3, 0.4) is 0 Å². The minimum absolute atomic E-state index is 0.0157. The van der Waals surface area contributed by atoms with Crippen LogP contribution in [-0.4, -0.2) is 40.6 Å². The Morgan fingerprint density at radius 2 is 1.70 bits per heavy atom. The summed E-state index contributed by atoms with van der Waals surface area (Å²) in [5, 5.41) is 0.789. The SMILES string of the molecule is CC1CN(c2ncc(Cl)cc2Cl)CCN1c1nc2c(-c3cc(F)c(F)c(F)c3)cc(C(F)(F)F)cc2[nH]1. The van der Waals surface area contributed by atoms with Crippen LogP contribution in [0.25, 0.3) is 22.2 Å². The van der Waals surface area contributed by atoms with E-state index < -0.39 is 29.2 Å². The number of anilines is 2. The van der Waals surface area contributed by atoms with Crippen LogP contribution in [0, 0.1) is 17.5 Å². The Morgan fingerprint density at radius 3 is 2.32 bits per heavy atom. The van der Waals surface area contributed by atoms with Gasteiger partial charge in [-0.3, -0.25) is 0 Å². The first-order valence-corrected chi connectivity index (χ1v) is 11.8. The number of alkyl halides is 3. The molecule has 0 bridgehead atoms. The van der Waals surface area contributed by atoms with Gasteiger partial charge in [0.15, 0.2) is 17.5 Å². The fraction of sp³-hybridized carbons (Fsp3) is 0.250. The summed E-state index contributed by atoms with van der Waals surface area (Å²) in [6.45, 7) is 3.27. The average Bonchev–Trinajstić information content (AvgIpc) is 3.25. The first kappa shape index (κ1) is 25.5. The number of pyridine rings is 1. The lowest BCUT2D eigenvalue weighted by molar-refractivity contribution is -0.137. The zero-order valence-corrected chi connectivity index (χ0v) is 20.5. The molecule has 1 atom stereocenters. The highest BCUT2D eigenvalue weighted by Gasteiger charge is 2.33. The van der Waals surface area contributed by atoms with Crippen LogP contribution in [0.2, 0.25) is 10.0 Å². The number of hydrogen-bond donors (Lipinski definition) is 1. The summed E-state index contributed by atoms with van der Waals surface area (Å²) in [5.41, 5.74) is -1.43. The third kappa shape index (κ3) is 4.77. The lowest BCUT2D eigenvalue weighted by Crippen LogP contribution is -2.52. The van der Waals surface area contributed by atoms with Crippen molar-refractivity contribution in [2.75, 3.05) is 29.4 Å². The molecule has 0 amide bonds. The van der Waals surface area contributed by atoms with Crippen molar-refractivity contribution in [2.24, 2.45) is 0 Å². The summed E-state index contributed by atoms with van der Waals surface area (Å²) in [5.74, 6) is -3.91. The van der Waals surface area contributed by atoms with Gasteiger partial charge in [-0.25, -0.2) is 23.1 Å². The summed E-state index contributed by atoms with van der Waals surface area (Å²) < 4.78 is 82.3. The number of imidazole rings is 1. The number of aromatic amines is 1. The number of fused-ring (bicyclic) bond motifs is 1. The molecular formula is C24H17Cl2F6N5. The lowest BCUT2D eigenvalue weighted by atomic mass is 10.0. The number of aromatic nitrogens is 3. The molecule has 13 heteroatoms. The van der Waals surface area contributed by atoms with Crippen LogP contribution in [0.1, 0.15) is 12.5 Å². The van der Waals surface area contributed by atoms with E-state index in [1.54, 1.807) is 6.07 Å². The van der Waals surface area contributed by atoms with Gasteiger partial charge in [-0.1, -0.05) is 23.2 Å². The smallest absolute Gasteiger partial charge is 0.352 e. The molecule has 37 heavy (non-hydrogen) atoms. The molecule has 5 nitrogen and oxygen atoms in total. The van der Waals surface area contributed by atoms with E-state index in [2.05, 4.69) is 15.0 Å². The van der Waals surface area contributed by atoms with E-state index in [1.807, 2.05) is 16.7 Å². The second-order valence-corrected chi connectivity index (χ2v) is 9.52. The van der Waals surface area contributed by atoms with Crippen LogP contribution in [0.15, 0.2) is 36.5 Å². The highest BCUT2D eigenvalue weighted by Crippen LogP contribution is 2.38. The Bertz CT molecular complexity index is 1480. The summed E-state index contributed by atoms with van der Waals surface area (Å²) in [6, 6.07) is 4.33. The molecule has 2 aromatic carbocycles. The van der Waals surface area contributed by atoms with E-state index in [0.29, 0.717) is 47.6 Å². The van der Waals surface area contributed by atoms with E-state index >= 15 is 0 Å². The molecule has 0 spiro atoms. The Kier molecular flexibility index (Phi) is 6.39.